The van der Waals surface area contributed by atoms with Gasteiger partial charge in [-0.3, -0.25) is 4.79 Å². The van der Waals surface area contributed by atoms with Crippen LogP contribution in [0.4, 0.5) is 0 Å². The van der Waals surface area contributed by atoms with E-state index in [1.165, 1.54) is 0 Å². The first-order chi connectivity index (χ1) is 6.83. The van der Waals surface area contributed by atoms with Gasteiger partial charge in [-0.1, -0.05) is 0 Å². The largest absolute Gasteiger partial charge is 0.378 e. The maximum atomic E-state index is 11.3. The Kier molecular flexibility index (Phi) is 5.56. The van der Waals surface area contributed by atoms with E-state index in [1.807, 2.05) is 0 Å². The Labute approximate surface area is 85.2 Å². The van der Waals surface area contributed by atoms with Crippen molar-refractivity contribution in [1.82, 2.24) is 5.32 Å². The van der Waals surface area contributed by atoms with Crippen LogP contribution >= 0.6 is 0 Å². The minimum Gasteiger partial charge on any atom is -0.378 e. The Balaban J connectivity index is 1.96. The fourth-order valence-corrected chi connectivity index (χ4v) is 1.58. The second-order valence-electron chi connectivity index (χ2n) is 3.67. The van der Waals surface area contributed by atoms with E-state index in [4.69, 9.17) is 10.5 Å². The van der Waals surface area contributed by atoms with Crippen molar-refractivity contribution in [2.75, 3.05) is 19.7 Å². The second-order valence-corrected chi connectivity index (χ2v) is 3.67. The lowest BCUT2D eigenvalue weighted by Crippen LogP contribution is -2.26. The molecule has 0 aromatic rings. The fourth-order valence-electron chi connectivity index (χ4n) is 1.58. The molecule has 0 saturated carbocycles. The van der Waals surface area contributed by atoms with Gasteiger partial charge >= 0.3 is 0 Å². The number of nitrogens with one attached hydrogen (secondary N) is 1. The van der Waals surface area contributed by atoms with E-state index in [-0.39, 0.29) is 5.91 Å². The minimum absolute atomic E-state index is 0.119. The van der Waals surface area contributed by atoms with Crippen LogP contribution in [-0.4, -0.2) is 31.7 Å². The first kappa shape index (κ1) is 11.5. The minimum atomic E-state index is 0.119. The molecule has 0 aromatic carbocycles. The summed E-state index contributed by atoms with van der Waals surface area (Å²) in [6.07, 6.45) is 4.85. The number of rotatable bonds is 6. The first-order valence-corrected chi connectivity index (χ1v) is 5.41. The molecule has 3 N–H and O–H groups in total. The van der Waals surface area contributed by atoms with Gasteiger partial charge in [0.2, 0.25) is 5.91 Å². The monoisotopic (exact) mass is 200 g/mol. The predicted octanol–water partition coefficient (Wildman–Crippen LogP) is 0.411. The first-order valence-electron chi connectivity index (χ1n) is 5.41. The molecule has 1 aliphatic heterocycles. The second kappa shape index (κ2) is 6.79. The van der Waals surface area contributed by atoms with Crippen LogP contribution < -0.4 is 11.1 Å². The van der Waals surface area contributed by atoms with E-state index >= 15 is 0 Å². The standard InChI is InChI=1S/C10H20N2O2/c11-6-2-7-12-10(13)5-4-9-3-1-8-14-9/h9H,1-8,11H2,(H,12,13). The van der Waals surface area contributed by atoms with E-state index < -0.39 is 0 Å². The van der Waals surface area contributed by atoms with Gasteiger partial charge in [0.05, 0.1) is 6.10 Å². The van der Waals surface area contributed by atoms with E-state index in [9.17, 15) is 4.79 Å². The van der Waals surface area contributed by atoms with E-state index in [0.717, 1.165) is 32.3 Å². The third-order valence-corrected chi connectivity index (χ3v) is 2.42. The van der Waals surface area contributed by atoms with Gasteiger partial charge in [0, 0.05) is 19.6 Å². The molecule has 0 bridgehead atoms. The van der Waals surface area contributed by atoms with Crippen molar-refractivity contribution < 1.29 is 9.53 Å². The summed E-state index contributed by atoms with van der Waals surface area (Å²) in [6, 6.07) is 0. The third kappa shape index (κ3) is 4.58. The molecule has 0 radical (unpaired) electrons. The molecular formula is C10H20N2O2. The van der Waals surface area contributed by atoms with Gasteiger partial charge in [-0.25, -0.2) is 0 Å². The molecule has 1 atom stereocenters. The van der Waals surface area contributed by atoms with Crippen LogP contribution in [0.25, 0.3) is 0 Å². The van der Waals surface area contributed by atoms with E-state index in [1.54, 1.807) is 0 Å². The Bertz CT molecular complexity index is 168. The Morgan fingerprint density at radius 3 is 3.07 bits per heavy atom. The maximum absolute atomic E-state index is 11.3. The van der Waals surface area contributed by atoms with Gasteiger partial charge in [0.15, 0.2) is 0 Å². The van der Waals surface area contributed by atoms with Gasteiger partial charge in [-0.15, -0.1) is 0 Å². The van der Waals surface area contributed by atoms with Crippen LogP contribution in [0.15, 0.2) is 0 Å². The summed E-state index contributed by atoms with van der Waals surface area (Å²) in [4.78, 5) is 11.3. The van der Waals surface area contributed by atoms with Gasteiger partial charge in [-0.2, -0.15) is 0 Å². The predicted molar refractivity (Wildman–Crippen MR) is 54.9 cm³/mol. The third-order valence-electron chi connectivity index (χ3n) is 2.42. The fraction of sp³-hybridized carbons (Fsp3) is 0.900. The van der Waals surface area contributed by atoms with Crippen molar-refractivity contribution in [3.8, 4) is 0 Å². The summed E-state index contributed by atoms with van der Waals surface area (Å²) >= 11 is 0. The summed E-state index contributed by atoms with van der Waals surface area (Å²) in [5.74, 6) is 0.119. The van der Waals surface area contributed by atoms with Crippen molar-refractivity contribution in [2.24, 2.45) is 5.73 Å². The smallest absolute Gasteiger partial charge is 0.220 e. The Morgan fingerprint density at radius 1 is 1.57 bits per heavy atom. The van der Waals surface area contributed by atoms with Gasteiger partial charge in [0.1, 0.15) is 0 Å². The van der Waals surface area contributed by atoms with Gasteiger partial charge in [0.25, 0.3) is 0 Å². The summed E-state index contributed by atoms with van der Waals surface area (Å²) in [7, 11) is 0. The molecule has 82 valence electrons. The van der Waals surface area contributed by atoms with Crippen LogP contribution in [0.2, 0.25) is 0 Å². The molecule has 1 aliphatic rings. The number of hydrogen-bond acceptors (Lipinski definition) is 3. The van der Waals surface area contributed by atoms with Gasteiger partial charge in [-0.05, 0) is 32.2 Å². The number of amides is 1. The molecule has 1 fully saturated rings. The summed E-state index contributed by atoms with van der Waals surface area (Å²) in [6.45, 7) is 2.19. The van der Waals surface area contributed by atoms with Crippen molar-refractivity contribution in [1.29, 1.82) is 0 Å². The van der Waals surface area contributed by atoms with Crippen LogP contribution in [0.3, 0.4) is 0 Å². The lowest BCUT2D eigenvalue weighted by molar-refractivity contribution is -0.121. The summed E-state index contributed by atoms with van der Waals surface area (Å²) in [5.41, 5.74) is 5.32. The summed E-state index contributed by atoms with van der Waals surface area (Å²) in [5, 5.41) is 2.83. The maximum Gasteiger partial charge on any atom is 0.220 e. The Hall–Kier alpha value is -0.610. The van der Waals surface area contributed by atoms with Crippen molar-refractivity contribution >= 4 is 5.91 Å². The van der Waals surface area contributed by atoms with Crippen LogP contribution in [-0.2, 0) is 9.53 Å². The molecule has 0 aliphatic carbocycles. The highest BCUT2D eigenvalue weighted by Gasteiger charge is 2.16. The quantitative estimate of drug-likeness (QED) is 0.610. The van der Waals surface area contributed by atoms with E-state index in [2.05, 4.69) is 5.32 Å². The lowest BCUT2D eigenvalue weighted by Gasteiger charge is -2.08. The normalized spacial score (nSPS) is 21.1. The number of carbonyl (C=O) groups is 1. The zero-order valence-electron chi connectivity index (χ0n) is 8.63. The average Bonchev–Trinajstić information content (AvgIpc) is 2.68. The lowest BCUT2D eigenvalue weighted by atomic mass is 10.1. The van der Waals surface area contributed by atoms with Gasteiger partial charge < -0.3 is 15.8 Å². The molecule has 14 heavy (non-hydrogen) atoms. The van der Waals surface area contributed by atoms with Crippen LogP contribution in [0, 0.1) is 0 Å². The highest BCUT2D eigenvalue weighted by Crippen LogP contribution is 2.16. The SMILES string of the molecule is NCCCNC(=O)CCC1CCCO1. The molecule has 1 unspecified atom stereocenters. The topological polar surface area (TPSA) is 64.3 Å². The molecule has 0 spiro atoms. The highest BCUT2D eigenvalue weighted by molar-refractivity contribution is 5.75. The molecule has 4 heteroatoms. The van der Waals surface area contributed by atoms with Crippen molar-refractivity contribution in [3.63, 3.8) is 0 Å². The molecule has 0 aromatic heterocycles. The van der Waals surface area contributed by atoms with Crippen LogP contribution in [0.5, 0.6) is 0 Å². The number of carbonyl (C=O) groups excluding carboxylic acids is 1. The highest BCUT2D eigenvalue weighted by atomic mass is 16.5. The zero-order chi connectivity index (χ0) is 10.2. The molecule has 1 saturated heterocycles. The molecule has 1 amide bonds. The van der Waals surface area contributed by atoms with Crippen molar-refractivity contribution in [3.05, 3.63) is 0 Å². The van der Waals surface area contributed by atoms with Crippen molar-refractivity contribution in [2.45, 2.75) is 38.2 Å². The number of hydrogen-bond donors (Lipinski definition) is 2. The molecule has 1 heterocycles. The average molecular weight is 200 g/mol. The molecule has 1 rings (SSSR count). The molecular weight excluding hydrogens is 180 g/mol. The zero-order valence-corrected chi connectivity index (χ0v) is 8.63. The Morgan fingerprint density at radius 2 is 2.43 bits per heavy atom. The van der Waals surface area contributed by atoms with E-state index in [0.29, 0.717) is 25.6 Å². The number of nitrogens with two attached hydrogens (primary N) is 1. The number of ether oxygens (including phenoxy) is 1. The van der Waals surface area contributed by atoms with Crippen LogP contribution in [0.1, 0.15) is 32.1 Å². The molecule has 4 nitrogen and oxygen atoms in total. The summed E-state index contributed by atoms with van der Waals surface area (Å²) < 4.78 is 5.43.